The summed E-state index contributed by atoms with van der Waals surface area (Å²) in [5.41, 5.74) is 6.99. The maximum Gasteiger partial charge on any atom is 0.191 e. The molecule has 31 heavy (non-hydrogen) atoms. The van der Waals surface area contributed by atoms with Crippen molar-refractivity contribution in [3.8, 4) is 11.5 Å². The zero-order valence-electron chi connectivity index (χ0n) is 18.0. The van der Waals surface area contributed by atoms with Gasteiger partial charge in [-0.05, 0) is 65.2 Å². The van der Waals surface area contributed by atoms with Crippen molar-refractivity contribution in [3.63, 3.8) is 0 Å². The summed E-state index contributed by atoms with van der Waals surface area (Å²) in [5, 5.41) is 7.77. The molecular weight excluding hydrogens is 406 g/mol. The van der Waals surface area contributed by atoms with E-state index in [4.69, 9.17) is 21.7 Å². The number of nitrogens with zero attached hydrogens (tertiary/aromatic N) is 1. The molecule has 0 aromatic heterocycles. The van der Waals surface area contributed by atoms with Crippen molar-refractivity contribution in [2.24, 2.45) is 5.10 Å². The van der Waals surface area contributed by atoms with E-state index in [2.05, 4.69) is 41.8 Å². The SMILES string of the molecule is COc1ccc(/C=N\NC(=S)Nc2ccc(C(C)C)cc2)cc1OCc1ccccc1. The summed E-state index contributed by atoms with van der Waals surface area (Å²) in [6.07, 6.45) is 1.69. The summed E-state index contributed by atoms with van der Waals surface area (Å²) in [6, 6.07) is 23.8. The van der Waals surface area contributed by atoms with E-state index in [0.717, 1.165) is 16.8 Å². The van der Waals surface area contributed by atoms with Gasteiger partial charge in [0, 0.05) is 5.69 Å². The van der Waals surface area contributed by atoms with E-state index < -0.39 is 0 Å². The van der Waals surface area contributed by atoms with E-state index in [9.17, 15) is 0 Å². The Morgan fingerprint density at radius 2 is 1.74 bits per heavy atom. The minimum absolute atomic E-state index is 0.419. The molecule has 0 bridgehead atoms. The van der Waals surface area contributed by atoms with Gasteiger partial charge in [-0.3, -0.25) is 5.43 Å². The maximum absolute atomic E-state index is 5.94. The number of hydrazone groups is 1. The number of hydrogen-bond donors (Lipinski definition) is 2. The van der Waals surface area contributed by atoms with Gasteiger partial charge in [-0.15, -0.1) is 0 Å². The van der Waals surface area contributed by atoms with Crippen molar-refractivity contribution >= 4 is 29.2 Å². The van der Waals surface area contributed by atoms with E-state index in [1.165, 1.54) is 5.56 Å². The predicted molar refractivity (Wildman–Crippen MR) is 131 cm³/mol. The van der Waals surface area contributed by atoms with Gasteiger partial charge in [0.2, 0.25) is 0 Å². The number of rotatable bonds is 8. The van der Waals surface area contributed by atoms with Crippen molar-refractivity contribution in [3.05, 3.63) is 89.5 Å². The van der Waals surface area contributed by atoms with Gasteiger partial charge in [0.25, 0.3) is 0 Å². The van der Waals surface area contributed by atoms with Crippen LogP contribution in [0.2, 0.25) is 0 Å². The Kier molecular flexibility index (Phi) is 8.01. The highest BCUT2D eigenvalue weighted by atomic mass is 32.1. The lowest BCUT2D eigenvalue weighted by atomic mass is 10.0. The molecule has 0 unspecified atom stereocenters. The second kappa shape index (κ2) is 11.1. The highest BCUT2D eigenvalue weighted by Crippen LogP contribution is 2.28. The fourth-order valence-corrected chi connectivity index (χ4v) is 3.07. The summed E-state index contributed by atoms with van der Waals surface area (Å²) in [5.74, 6) is 1.82. The van der Waals surface area contributed by atoms with Crippen LogP contribution in [-0.4, -0.2) is 18.4 Å². The number of ether oxygens (including phenoxy) is 2. The van der Waals surface area contributed by atoms with Gasteiger partial charge in [0.15, 0.2) is 16.6 Å². The summed E-state index contributed by atoms with van der Waals surface area (Å²) in [6.45, 7) is 4.79. The molecular formula is C25H27N3O2S. The third-order valence-electron chi connectivity index (χ3n) is 4.64. The van der Waals surface area contributed by atoms with Crippen LogP contribution in [0.15, 0.2) is 77.9 Å². The number of methoxy groups -OCH3 is 1. The first-order chi connectivity index (χ1) is 15.0. The molecule has 0 aliphatic carbocycles. The number of anilines is 1. The first-order valence-electron chi connectivity index (χ1n) is 10.1. The van der Waals surface area contributed by atoms with Gasteiger partial charge in [-0.2, -0.15) is 5.10 Å². The van der Waals surface area contributed by atoms with E-state index in [0.29, 0.717) is 29.1 Å². The normalized spacial score (nSPS) is 10.8. The standard InChI is InChI=1S/C25H27N3O2S/c1-18(2)21-10-12-22(13-11-21)27-25(31)28-26-16-20-9-14-23(29-3)24(15-20)30-17-19-7-5-4-6-8-19/h4-16,18H,17H2,1-3H3,(H2,27,28,31)/b26-16-. The Morgan fingerprint density at radius 1 is 1.00 bits per heavy atom. The molecule has 0 heterocycles. The van der Waals surface area contributed by atoms with Gasteiger partial charge in [-0.1, -0.05) is 56.3 Å². The largest absolute Gasteiger partial charge is 0.493 e. The van der Waals surface area contributed by atoms with Crippen LogP contribution in [0.25, 0.3) is 0 Å². The van der Waals surface area contributed by atoms with Crippen LogP contribution in [0.5, 0.6) is 11.5 Å². The summed E-state index contributed by atoms with van der Waals surface area (Å²) < 4.78 is 11.3. The molecule has 0 aliphatic heterocycles. The van der Waals surface area contributed by atoms with E-state index in [1.54, 1.807) is 13.3 Å². The van der Waals surface area contributed by atoms with Crippen LogP contribution in [0, 0.1) is 0 Å². The number of hydrogen-bond acceptors (Lipinski definition) is 4. The van der Waals surface area contributed by atoms with Crippen LogP contribution < -0.4 is 20.2 Å². The Hall–Kier alpha value is -3.38. The molecule has 3 aromatic carbocycles. The molecule has 0 amide bonds. The lowest BCUT2D eigenvalue weighted by molar-refractivity contribution is 0.284. The highest BCUT2D eigenvalue weighted by molar-refractivity contribution is 7.80. The van der Waals surface area contributed by atoms with Crippen LogP contribution in [0.1, 0.15) is 36.5 Å². The number of nitrogens with one attached hydrogen (secondary N) is 2. The lowest BCUT2D eigenvalue weighted by Crippen LogP contribution is -2.23. The molecule has 3 rings (SSSR count). The molecule has 6 heteroatoms. The molecule has 0 spiro atoms. The zero-order chi connectivity index (χ0) is 22.1. The Labute approximate surface area is 189 Å². The Balaban J connectivity index is 1.57. The van der Waals surface area contributed by atoms with E-state index >= 15 is 0 Å². The second-order valence-electron chi connectivity index (χ2n) is 7.29. The molecule has 5 nitrogen and oxygen atoms in total. The molecule has 0 fully saturated rings. The highest BCUT2D eigenvalue weighted by Gasteiger charge is 2.06. The zero-order valence-corrected chi connectivity index (χ0v) is 18.8. The Bertz CT molecular complexity index is 1020. The fourth-order valence-electron chi connectivity index (χ4n) is 2.90. The molecule has 2 N–H and O–H groups in total. The molecule has 0 atom stereocenters. The molecule has 3 aromatic rings. The molecule has 0 radical (unpaired) electrons. The predicted octanol–water partition coefficient (Wildman–Crippen LogP) is 5.72. The van der Waals surface area contributed by atoms with Gasteiger partial charge in [0.1, 0.15) is 6.61 Å². The van der Waals surface area contributed by atoms with E-state index in [-0.39, 0.29) is 0 Å². The third-order valence-corrected chi connectivity index (χ3v) is 4.83. The lowest BCUT2D eigenvalue weighted by Gasteiger charge is -2.11. The van der Waals surface area contributed by atoms with Gasteiger partial charge >= 0.3 is 0 Å². The van der Waals surface area contributed by atoms with Gasteiger partial charge in [0.05, 0.1) is 13.3 Å². The van der Waals surface area contributed by atoms with Gasteiger partial charge in [-0.25, -0.2) is 0 Å². The minimum atomic E-state index is 0.419. The number of thiocarbonyl (C=S) groups is 1. The average molecular weight is 434 g/mol. The minimum Gasteiger partial charge on any atom is -0.493 e. The second-order valence-corrected chi connectivity index (χ2v) is 7.69. The summed E-state index contributed by atoms with van der Waals surface area (Å²) in [7, 11) is 1.62. The fraction of sp³-hybridized carbons (Fsp3) is 0.200. The summed E-state index contributed by atoms with van der Waals surface area (Å²) >= 11 is 5.32. The quantitative estimate of drug-likeness (QED) is 0.270. The maximum atomic E-state index is 5.94. The smallest absolute Gasteiger partial charge is 0.191 e. The van der Waals surface area contributed by atoms with Crippen LogP contribution in [-0.2, 0) is 6.61 Å². The van der Waals surface area contributed by atoms with Crippen LogP contribution >= 0.6 is 12.2 Å². The van der Waals surface area contributed by atoms with Crippen molar-refractivity contribution in [2.75, 3.05) is 12.4 Å². The molecule has 0 saturated heterocycles. The summed E-state index contributed by atoms with van der Waals surface area (Å²) in [4.78, 5) is 0. The topological polar surface area (TPSA) is 54.9 Å². The van der Waals surface area contributed by atoms with Crippen molar-refractivity contribution in [1.82, 2.24) is 5.43 Å². The molecule has 160 valence electrons. The first kappa shape index (κ1) is 22.3. The Morgan fingerprint density at radius 3 is 2.42 bits per heavy atom. The first-order valence-corrected chi connectivity index (χ1v) is 10.5. The molecule has 0 aliphatic rings. The average Bonchev–Trinajstić information content (AvgIpc) is 2.79. The van der Waals surface area contributed by atoms with Gasteiger partial charge < -0.3 is 14.8 Å². The van der Waals surface area contributed by atoms with Crippen molar-refractivity contribution < 1.29 is 9.47 Å². The van der Waals surface area contributed by atoms with E-state index in [1.807, 2.05) is 60.7 Å². The number of benzene rings is 3. The molecule has 0 saturated carbocycles. The third kappa shape index (κ3) is 6.83. The van der Waals surface area contributed by atoms with Crippen LogP contribution in [0.4, 0.5) is 5.69 Å². The van der Waals surface area contributed by atoms with Crippen LogP contribution in [0.3, 0.4) is 0 Å². The van der Waals surface area contributed by atoms with Crippen molar-refractivity contribution in [2.45, 2.75) is 26.4 Å². The van der Waals surface area contributed by atoms with Crippen molar-refractivity contribution in [1.29, 1.82) is 0 Å². The monoisotopic (exact) mass is 433 g/mol.